The van der Waals surface area contributed by atoms with Crippen molar-refractivity contribution >= 4 is 12.4 Å². The quantitative estimate of drug-likeness (QED) is 0.742. The van der Waals surface area contributed by atoms with Crippen LogP contribution in [0.2, 0.25) is 0 Å². The van der Waals surface area contributed by atoms with E-state index in [1.54, 1.807) is 6.20 Å². The maximum Gasteiger partial charge on any atom is 0.0949 e. The molecule has 0 N–H and O–H groups in total. The highest BCUT2D eigenvalue weighted by molar-refractivity contribution is 5.85. The second kappa shape index (κ2) is 4.82. The Morgan fingerprint density at radius 3 is 2.71 bits per heavy atom. The molecule has 0 aliphatic heterocycles. The van der Waals surface area contributed by atoms with E-state index in [1.165, 1.54) is 11.1 Å². The molecule has 0 unspecified atom stereocenters. The molecule has 1 aromatic carbocycles. The molecule has 0 radical (unpaired) electrons. The maximum absolute atomic E-state index is 4.01. The van der Waals surface area contributed by atoms with Gasteiger partial charge >= 0.3 is 0 Å². The van der Waals surface area contributed by atoms with E-state index in [-0.39, 0.29) is 12.4 Å². The molecule has 14 heavy (non-hydrogen) atoms. The molecule has 0 fully saturated rings. The summed E-state index contributed by atoms with van der Waals surface area (Å²) in [5.41, 5.74) is 2.68. The summed E-state index contributed by atoms with van der Waals surface area (Å²) in [6.45, 7) is 3.04. The summed E-state index contributed by atoms with van der Waals surface area (Å²) in [7, 11) is 0. The molecular weight excluding hydrogens is 196 g/mol. The van der Waals surface area contributed by atoms with Crippen molar-refractivity contribution in [3.05, 3.63) is 54.1 Å². The lowest BCUT2D eigenvalue weighted by Gasteiger charge is -2.05. The van der Waals surface area contributed by atoms with Gasteiger partial charge in [0.25, 0.3) is 0 Å². The summed E-state index contributed by atoms with van der Waals surface area (Å²) in [5, 5.41) is 0. The van der Waals surface area contributed by atoms with E-state index in [9.17, 15) is 0 Å². The molecule has 1 heterocycles. The molecule has 1 aromatic heterocycles. The molecular formula is C11H13ClN2. The van der Waals surface area contributed by atoms with Gasteiger partial charge in [-0.3, -0.25) is 0 Å². The second-order valence-corrected chi connectivity index (χ2v) is 3.16. The van der Waals surface area contributed by atoms with Gasteiger partial charge in [0.15, 0.2) is 0 Å². The third-order valence-corrected chi connectivity index (χ3v) is 2.17. The molecule has 2 aromatic rings. The Morgan fingerprint density at radius 1 is 1.29 bits per heavy atom. The van der Waals surface area contributed by atoms with Gasteiger partial charge in [-0.15, -0.1) is 12.4 Å². The molecule has 0 bridgehead atoms. The van der Waals surface area contributed by atoms with Crippen LogP contribution >= 0.6 is 12.4 Å². The first-order valence-electron chi connectivity index (χ1n) is 4.36. The molecule has 0 amide bonds. The van der Waals surface area contributed by atoms with Gasteiger partial charge in [0.05, 0.1) is 6.33 Å². The summed E-state index contributed by atoms with van der Waals surface area (Å²) >= 11 is 0. The largest absolute Gasteiger partial charge is 0.333 e. The number of hydrogen-bond acceptors (Lipinski definition) is 1. The van der Waals surface area contributed by atoms with Gasteiger partial charge in [0.2, 0.25) is 0 Å². The summed E-state index contributed by atoms with van der Waals surface area (Å²) in [6, 6.07) is 8.41. The van der Waals surface area contributed by atoms with Crippen LogP contribution in [0, 0.1) is 6.92 Å². The number of benzene rings is 1. The SMILES string of the molecule is Cc1ccccc1Cn1ccnc1.Cl. The first-order valence-corrected chi connectivity index (χ1v) is 4.36. The number of nitrogens with zero attached hydrogens (tertiary/aromatic N) is 2. The molecule has 0 aliphatic carbocycles. The normalized spacial score (nSPS) is 9.50. The number of halogens is 1. The molecule has 0 atom stereocenters. The molecule has 2 rings (SSSR count). The van der Waals surface area contributed by atoms with Gasteiger partial charge < -0.3 is 4.57 Å². The zero-order valence-corrected chi connectivity index (χ0v) is 8.87. The minimum absolute atomic E-state index is 0. The molecule has 0 aliphatic rings. The van der Waals surface area contributed by atoms with Crippen molar-refractivity contribution in [3.8, 4) is 0 Å². The lowest BCUT2D eigenvalue weighted by Crippen LogP contribution is -1.97. The Kier molecular flexibility index (Phi) is 3.72. The topological polar surface area (TPSA) is 17.8 Å². The Bertz CT molecular complexity index is 382. The Morgan fingerprint density at radius 2 is 2.07 bits per heavy atom. The summed E-state index contributed by atoms with van der Waals surface area (Å²) in [4.78, 5) is 4.01. The average Bonchev–Trinajstić information content (AvgIpc) is 2.61. The van der Waals surface area contributed by atoms with Crippen LogP contribution in [0.25, 0.3) is 0 Å². The highest BCUT2D eigenvalue weighted by Gasteiger charge is 1.96. The smallest absolute Gasteiger partial charge is 0.0949 e. The van der Waals surface area contributed by atoms with Crippen LogP contribution in [0.3, 0.4) is 0 Å². The van der Waals surface area contributed by atoms with E-state index in [4.69, 9.17) is 0 Å². The summed E-state index contributed by atoms with van der Waals surface area (Å²) in [6.07, 6.45) is 5.62. The zero-order chi connectivity index (χ0) is 9.10. The van der Waals surface area contributed by atoms with Crippen LogP contribution in [-0.2, 0) is 6.54 Å². The van der Waals surface area contributed by atoms with Gasteiger partial charge in [-0.2, -0.15) is 0 Å². The van der Waals surface area contributed by atoms with Gasteiger partial charge in [-0.25, -0.2) is 4.98 Å². The Hall–Kier alpha value is -1.28. The van der Waals surface area contributed by atoms with Crippen LogP contribution in [0.1, 0.15) is 11.1 Å². The lowest BCUT2D eigenvalue weighted by molar-refractivity contribution is 0.792. The lowest BCUT2D eigenvalue weighted by atomic mass is 10.1. The molecule has 3 heteroatoms. The molecule has 74 valence electrons. The average molecular weight is 209 g/mol. The first-order chi connectivity index (χ1) is 6.36. The molecule has 2 nitrogen and oxygen atoms in total. The van der Waals surface area contributed by atoms with Gasteiger partial charge in [-0.05, 0) is 18.1 Å². The number of aromatic nitrogens is 2. The highest BCUT2D eigenvalue weighted by Crippen LogP contribution is 2.08. The fourth-order valence-corrected chi connectivity index (χ4v) is 1.36. The zero-order valence-electron chi connectivity index (χ0n) is 8.05. The first kappa shape index (κ1) is 10.8. The van der Waals surface area contributed by atoms with Crippen molar-refractivity contribution in [3.63, 3.8) is 0 Å². The fourth-order valence-electron chi connectivity index (χ4n) is 1.36. The van der Waals surface area contributed by atoms with Gasteiger partial charge in [-0.1, -0.05) is 24.3 Å². The number of rotatable bonds is 2. The molecule has 0 saturated heterocycles. The van der Waals surface area contributed by atoms with E-state index in [2.05, 4.69) is 40.7 Å². The third-order valence-electron chi connectivity index (χ3n) is 2.17. The minimum atomic E-state index is 0. The monoisotopic (exact) mass is 208 g/mol. The van der Waals surface area contributed by atoms with E-state index < -0.39 is 0 Å². The highest BCUT2D eigenvalue weighted by atomic mass is 35.5. The van der Waals surface area contributed by atoms with Crippen molar-refractivity contribution in [1.82, 2.24) is 9.55 Å². The maximum atomic E-state index is 4.01. The van der Waals surface area contributed by atoms with Crippen LogP contribution in [0.4, 0.5) is 0 Å². The van der Waals surface area contributed by atoms with Crippen LogP contribution in [0.15, 0.2) is 43.0 Å². The molecule has 0 saturated carbocycles. The second-order valence-electron chi connectivity index (χ2n) is 3.16. The van der Waals surface area contributed by atoms with Crippen molar-refractivity contribution in [1.29, 1.82) is 0 Å². The Labute approximate surface area is 90.0 Å². The minimum Gasteiger partial charge on any atom is -0.333 e. The van der Waals surface area contributed by atoms with Crippen molar-refractivity contribution < 1.29 is 0 Å². The van der Waals surface area contributed by atoms with E-state index >= 15 is 0 Å². The van der Waals surface area contributed by atoms with E-state index in [0.29, 0.717) is 0 Å². The van der Waals surface area contributed by atoms with Crippen molar-refractivity contribution in [2.45, 2.75) is 13.5 Å². The standard InChI is InChI=1S/C11H12N2.ClH/c1-10-4-2-3-5-11(10)8-13-7-6-12-9-13;/h2-7,9H,8H2,1H3;1H. The predicted octanol–water partition coefficient (Wildman–Crippen LogP) is 2.66. The van der Waals surface area contributed by atoms with Gasteiger partial charge in [0.1, 0.15) is 0 Å². The fraction of sp³-hybridized carbons (Fsp3) is 0.182. The van der Waals surface area contributed by atoms with Crippen LogP contribution in [0.5, 0.6) is 0 Å². The van der Waals surface area contributed by atoms with Gasteiger partial charge in [0, 0.05) is 18.9 Å². The predicted molar refractivity (Wildman–Crippen MR) is 59.8 cm³/mol. The van der Waals surface area contributed by atoms with E-state index in [1.807, 2.05) is 12.5 Å². The van der Waals surface area contributed by atoms with Crippen molar-refractivity contribution in [2.24, 2.45) is 0 Å². The Balaban J connectivity index is 0.000000980. The number of hydrogen-bond donors (Lipinski definition) is 0. The van der Waals surface area contributed by atoms with Crippen molar-refractivity contribution in [2.75, 3.05) is 0 Å². The van der Waals surface area contributed by atoms with Crippen LogP contribution in [-0.4, -0.2) is 9.55 Å². The third kappa shape index (κ3) is 2.36. The summed E-state index contributed by atoms with van der Waals surface area (Å²) in [5.74, 6) is 0. The number of imidazole rings is 1. The summed E-state index contributed by atoms with van der Waals surface area (Å²) < 4.78 is 2.07. The number of aryl methyl sites for hydroxylation is 1. The van der Waals surface area contributed by atoms with E-state index in [0.717, 1.165) is 6.54 Å². The van der Waals surface area contributed by atoms with Crippen LogP contribution < -0.4 is 0 Å². The molecule has 0 spiro atoms.